The van der Waals surface area contributed by atoms with Gasteiger partial charge in [-0.3, -0.25) is 0 Å². The van der Waals surface area contributed by atoms with E-state index in [0.29, 0.717) is 19.4 Å². The molecule has 2 amide bonds. The highest BCUT2D eigenvalue weighted by Crippen LogP contribution is 2.30. The van der Waals surface area contributed by atoms with Crippen molar-refractivity contribution in [3.8, 4) is 5.88 Å². The van der Waals surface area contributed by atoms with Gasteiger partial charge in [0.15, 0.2) is 0 Å². The first-order valence-electron chi connectivity index (χ1n) is 10.2. The Kier molecular flexibility index (Phi) is 7.54. The summed E-state index contributed by atoms with van der Waals surface area (Å²) in [6.45, 7) is 0.610. The smallest absolute Gasteiger partial charge is 0.417 e. The standard InChI is InChI=1S/C22H26F3N3O2/c23-22(24,25)17-8-13-20(27-15-17)30-19-11-9-18(10-12-19)28-21(29)26-14-4-7-16-5-2-1-3-6-16/h1-3,5-6,8,13,15,18-19H,4,7,9-12,14H2,(H2,26,28,29). The van der Waals surface area contributed by atoms with E-state index >= 15 is 0 Å². The average molecular weight is 421 g/mol. The molecule has 1 saturated carbocycles. The topological polar surface area (TPSA) is 63.2 Å². The normalized spacial score (nSPS) is 19.2. The Morgan fingerprint density at radius 3 is 2.43 bits per heavy atom. The number of nitrogens with one attached hydrogen (secondary N) is 2. The molecular formula is C22H26F3N3O2. The fourth-order valence-electron chi connectivity index (χ4n) is 3.49. The van der Waals surface area contributed by atoms with Crippen molar-refractivity contribution in [2.75, 3.05) is 6.54 Å². The number of hydrogen-bond donors (Lipinski definition) is 2. The summed E-state index contributed by atoms with van der Waals surface area (Å²) in [5, 5.41) is 5.87. The van der Waals surface area contributed by atoms with Crippen LogP contribution in [0.25, 0.3) is 0 Å². The number of hydrogen-bond acceptors (Lipinski definition) is 3. The minimum Gasteiger partial charge on any atom is -0.474 e. The van der Waals surface area contributed by atoms with Gasteiger partial charge in [-0.1, -0.05) is 30.3 Å². The summed E-state index contributed by atoms with van der Waals surface area (Å²) in [7, 11) is 0. The fraction of sp³-hybridized carbons (Fsp3) is 0.455. The largest absolute Gasteiger partial charge is 0.474 e. The molecule has 0 bridgehead atoms. The SMILES string of the molecule is O=C(NCCCc1ccccc1)NC1CCC(Oc2ccc(C(F)(F)F)cn2)CC1. The van der Waals surface area contributed by atoms with Crippen LogP contribution in [0.1, 0.15) is 43.2 Å². The first-order valence-corrected chi connectivity index (χ1v) is 10.2. The van der Waals surface area contributed by atoms with Gasteiger partial charge in [0.2, 0.25) is 5.88 Å². The minimum absolute atomic E-state index is 0.0690. The van der Waals surface area contributed by atoms with Crippen LogP contribution in [0.15, 0.2) is 48.7 Å². The van der Waals surface area contributed by atoms with Gasteiger partial charge in [0.05, 0.1) is 5.56 Å². The molecule has 0 unspecified atom stereocenters. The molecule has 1 heterocycles. The first-order chi connectivity index (χ1) is 14.4. The van der Waals surface area contributed by atoms with Crippen LogP contribution in [0.4, 0.5) is 18.0 Å². The predicted molar refractivity (Wildman–Crippen MR) is 107 cm³/mol. The van der Waals surface area contributed by atoms with Crippen molar-refractivity contribution in [1.82, 2.24) is 15.6 Å². The number of urea groups is 1. The molecule has 1 aliphatic rings. The molecule has 1 fully saturated rings. The van der Waals surface area contributed by atoms with E-state index in [9.17, 15) is 18.0 Å². The zero-order chi connectivity index (χ0) is 21.4. The number of alkyl halides is 3. The average Bonchev–Trinajstić information content (AvgIpc) is 2.73. The molecule has 3 rings (SSSR count). The van der Waals surface area contributed by atoms with Crippen molar-refractivity contribution < 1.29 is 22.7 Å². The number of carbonyl (C=O) groups is 1. The summed E-state index contributed by atoms with van der Waals surface area (Å²) in [6.07, 6.45) is 0.984. The molecule has 1 aromatic heterocycles. The molecule has 0 aliphatic heterocycles. The van der Waals surface area contributed by atoms with E-state index in [4.69, 9.17) is 4.74 Å². The number of carbonyl (C=O) groups excluding carboxylic acids is 1. The lowest BCUT2D eigenvalue weighted by Crippen LogP contribution is -2.45. The van der Waals surface area contributed by atoms with Gasteiger partial charge in [-0.05, 0) is 50.2 Å². The Hall–Kier alpha value is -2.77. The van der Waals surface area contributed by atoms with Crippen molar-refractivity contribution in [3.63, 3.8) is 0 Å². The Morgan fingerprint density at radius 1 is 1.07 bits per heavy atom. The first kappa shape index (κ1) is 21.9. The van der Waals surface area contributed by atoms with Crippen molar-refractivity contribution in [2.24, 2.45) is 0 Å². The molecule has 2 aromatic rings. The van der Waals surface area contributed by atoms with Crippen LogP contribution in [0.2, 0.25) is 0 Å². The van der Waals surface area contributed by atoms with E-state index in [1.54, 1.807) is 0 Å². The van der Waals surface area contributed by atoms with Gasteiger partial charge in [-0.25, -0.2) is 9.78 Å². The number of ether oxygens (including phenoxy) is 1. The number of pyridine rings is 1. The number of benzene rings is 1. The number of nitrogens with zero attached hydrogens (tertiary/aromatic N) is 1. The van der Waals surface area contributed by atoms with Gasteiger partial charge in [0.25, 0.3) is 0 Å². The second-order valence-electron chi connectivity index (χ2n) is 7.46. The van der Waals surface area contributed by atoms with Gasteiger partial charge < -0.3 is 15.4 Å². The molecule has 0 spiro atoms. The third-order valence-corrected chi connectivity index (χ3v) is 5.13. The van der Waals surface area contributed by atoms with Gasteiger partial charge >= 0.3 is 12.2 Å². The van der Waals surface area contributed by atoms with Crippen LogP contribution in [0, 0.1) is 0 Å². The van der Waals surface area contributed by atoms with Gasteiger partial charge in [0, 0.05) is 24.8 Å². The molecule has 162 valence electrons. The second kappa shape index (κ2) is 10.3. The van der Waals surface area contributed by atoms with Crippen molar-refractivity contribution in [1.29, 1.82) is 0 Å². The summed E-state index contributed by atoms with van der Waals surface area (Å²) in [4.78, 5) is 15.8. The van der Waals surface area contributed by atoms with Crippen LogP contribution in [0.3, 0.4) is 0 Å². The fourth-order valence-corrected chi connectivity index (χ4v) is 3.49. The summed E-state index contributed by atoms with van der Waals surface area (Å²) >= 11 is 0. The van der Waals surface area contributed by atoms with E-state index in [1.807, 2.05) is 18.2 Å². The van der Waals surface area contributed by atoms with E-state index in [1.165, 1.54) is 11.6 Å². The Bertz CT molecular complexity index is 790. The molecule has 1 aliphatic carbocycles. The highest BCUT2D eigenvalue weighted by Gasteiger charge is 2.31. The molecular weight excluding hydrogens is 395 g/mol. The van der Waals surface area contributed by atoms with E-state index in [0.717, 1.165) is 37.9 Å². The van der Waals surface area contributed by atoms with Crippen molar-refractivity contribution >= 4 is 6.03 Å². The molecule has 0 radical (unpaired) electrons. The van der Waals surface area contributed by atoms with Crippen LogP contribution in [-0.4, -0.2) is 29.7 Å². The lowest BCUT2D eigenvalue weighted by Gasteiger charge is -2.29. The zero-order valence-corrected chi connectivity index (χ0v) is 16.6. The lowest BCUT2D eigenvalue weighted by molar-refractivity contribution is -0.137. The summed E-state index contributed by atoms with van der Waals surface area (Å²) in [5.74, 6) is 0.190. The zero-order valence-electron chi connectivity index (χ0n) is 16.6. The molecule has 30 heavy (non-hydrogen) atoms. The minimum atomic E-state index is -4.41. The van der Waals surface area contributed by atoms with E-state index in [2.05, 4.69) is 27.8 Å². The van der Waals surface area contributed by atoms with Crippen LogP contribution >= 0.6 is 0 Å². The summed E-state index contributed by atoms with van der Waals surface area (Å²) < 4.78 is 43.4. The molecule has 0 saturated heterocycles. The van der Waals surface area contributed by atoms with E-state index in [-0.39, 0.29) is 24.1 Å². The molecule has 2 N–H and O–H groups in total. The number of rotatable bonds is 7. The van der Waals surface area contributed by atoms with E-state index < -0.39 is 11.7 Å². The van der Waals surface area contributed by atoms with Gasteiger partial charge in [-0.2, -0.15) is 13.2 Å². The molecule has 0 atom stereocenters. The maximum Gasteiger partial charge on any atom is 0.417 e. The molecule has 1 aromatic carbocycles. The number of aryl methyl sites for hydroxylation is 1. The lowest BCUT2D eigenvalue weighted by atomic mass is 9.93. The monoisotopic (exact) mass is 421 g/mol. The van der Waals surface area contributed by atoms with Crippen LogP contribution < -0.4 is 15.4 Å². The Morgan fingerprint density at radius 2 is 1.80 bits per heavy atom. The van der Waals surface area contributed by atoms with Gasteiger partial charge in [0.1, 0.15) is 6.10 Å². The number of aromatic nitrogens is 1. The third kappa shape index (κ3) is 6.93. The maximum atomic E-state index is 12.6. The van der Waals surface area contributed by atoms with Crippen LogP contribution in [-0.2, 0) is 12.6 Å². The highest BCUT2D eigenvalue weighted by atomic mass is 19.4. The highest BCUT2D eigenvalue weighted by molar-refractivity contribution is 5.74. The van der Waals surface area contributed by atoms with Gasteiger partial charge in [-0.15, -0.1) is 0 Å². The maximum absolute atomic E-state index is 12.6. The number of halogens is 3. The molecule has 8 heteroatoms. The summed E-state index contributed by atoms with van der Waals surface area (Å²) in [5.41, 5.74) is 0.457. The van der Waals surface area contributed by atoms with Crippen molar-refractivity contribution in [3.05, 3.63) is 59.8 Å². The Balaban J connectivity index is 1.31. The number of amides is 2. The third-order valence-electron chi connectivity index (χ3n) is 5.13. The molecule has 5 nitrogen and oxygen atoms in total. The second-order valence-corrected chi connectivity index (χ2v) is 7.46. The quantitative estimate of drug-likeness (QED) is 0.636. The van der Waals surface area contributed by atoms with Crippen molar-refractivity contribution in [2.45, 2.75) is 56.8 Å². The predicted octanol–water partition coefficient (Wildman–Crippen LogP) is 4.72. The summed E-state index contributed by atoms with van der Waals surface area (Å²) in [6, 6.07) is 12.2. The Labute approximate surface area is 174 Å². The van der Waals surface area contributed by atoms with Crippen LogP contribution in [0.5, 0.6) is 5.88 Å².